The number of benzene rings is 1. The third-order valence-corrected chi connectivity index (χ3v) is 6.48. The van der Waals surface area contributed by atoms with Gasteiger partial charge < -0.3 is 14.6 Å². The monoisotopic (exact) mass is 434 g/mol. The minimum atomic E-state index is -0.259. The number of ether oxygens (including phenoxy) is 1. The Morgan fingerprint density at radius 3 is 3.06 bits per heavy atom. The lowest BCUT2D eigenvalue weighted by Gasteiger charge is -2.24. The normalized spacial score (nSPS) is 15.5. The van der Waals surface area contributed by atoms with Crippen LogP contribution in [-0.2, 0) is 13.0 Å². The first-order valence-corrected chi connectivity index (χ1v) is 11.1. The number of nitrogens with zero attached hydrogens (tertiary/aromatic N) is 3. The molecule has 0 aliphatic heterocycles. The van der Waals surface area contributed by atoms with E-state index in [1.165, 1.54) is 0 Å². The fourth-order valence-electron chi connectivity index (χ4n) is 4.05. The Hall–Kier alpha value is -3.39. The molecule has 0 fully saturated rings. The van der Waals surface area contributed by atoms with Crippen LogP contribution in [0.5, 0.6) is 5.75 Å². The van der Waals surface area contributed by atoms with Gasteiger partial charge in [-0.1, -0.05) is 29.4 Å². The zero-order valence-corrected chi connectivity index (χ0v) is 17.9. The number of carbonyl (C=O) groups is 1. The van der Waals surface area contributed by atoms with Gasteiger partial charge in [0.25, 0.3) is 5.91 Å². The SMILES string of the molecule is COc1ccccc1Cn1ncc2c1CCCC2NC(=O)c1cc(-c2cccs2)no1. The maximum Gasteiger partial charge on any atom is 0.290 e. The summed E-state index contributed by atoms with van der Waals surface area (Å²) >= 11 is 1.56. The third-order valence-electron chi connectivity index (χ3n) is 5.59. The summed E-state index contributed by atoms with van der Waals surface area (Å²) in [7, 11) is 1.68. The van der Waals surface area contributed by atoms with Crippen LogP contribution in [0.2, 0.25) is 0 Å². The van der Waals surface area contributed by atoms with Crippen LogP contribution in [0.3, 0.4) is 0 Å². The maximum absolute atomic E-state index is 12.8. The van der Waals surface area contributed by atoms with Crippen molar-refractivity contribution in [2.75, 3.05) is 7.11 Å². The minimum absolute atomic E-state index is 0.0991. The number of hydrogen-bond donors (Lipinski definition) is 1. The summed E-state index contributed by atoms with van der Waals surface area (Å²) in [6.45, 7) is 0.631. The largest absolute Gasteiger partial charge is 0.496 e. The Morgan fingerprint density at radius 1 is 1.32 bits per heavy atom. The summed E-state index contributed by atoms with van der Waals surface area (Å²) in [6, 6.07) is 13.4. The highest BCUT2D eigenvalue weighted by atomic mass is 32.1. The number of methoxy groups -OCH3 is 1. The van der Waals surface area contributed by atoms with E-state index in [9.17, 15) is 4.79 Å². The van der Waals surface area contributed by atoms with Crippen LogP contribution in [-0.4, -0.2) is 28.0 Å². The van der Waals surface area contributed by atoms with Gasteiger partial charge in [-0.3, -0.25) is 9.48 Å². The van der Waals surface area contributed by atoms with Gasteiger partial charge in [0.2, 0.25) is 5.76 Å². The highest BCUT2D eigenvalue weighted by Gasteiger charge is 2.27. The fourth-order valence-corrected chi connectivity index (χ4v) is 4.73. The van der Waals surface area contributed by atoms with Crippen LogP contribution in [0.4, 0.5) is 0 Å². The molecule has 0 spiro atoms. The van der Waals surface area contributed by atoms with Crippen LogP contribution < -0.4 is 10.1 Å². The molecule has 3 aromatic heterocycles. The van der Waals surface area contributed by atoms with Gasteiger partial charge in [-0.15, -0.1) is 11.3 Å². The summed E-state index contributed by atoms with van der Waals surface area (Å²) in [5, 5.41) is 13.7. The average molecular weight is 435 g/mol. The number of nitrogens with one attached hydrogen (secondary N) is 1. The molecule has 1 aliphatic carbocycles. The molecule has 158 valence electrons. The Balaban J connectivity index is 1.33. The van der Waals surface area contributed by atoms with Crippen molar-refractivity contribution in [3.8, 4) is 16.3 Å². The van der Waals surface area contributed by atoms with E-state index in [1.807, 2.05) is 52.7 Å². The molecular formula is C23H22N4O3S. The topological polar surface area (TPSA) is 82.2 Å². The van der Waals surface area contributed by atoms with E-state index in [4.69, 9.17) is 9.26 Å². The molecule has 7 nitrogen and oxygen atoms in total. The number of rotatable bonds is 6. The third kappa shape index (κ3) is 3.86. The van der Waals surface area contributed by atoms with Crippen molar-refractivity contribution >= 4 is 17.2 Å². The fraction of sp³-hybridized carbons (Fsp3) is 0.261. The number of amides is 1. The predicted octanol–water partition coefficient (Wildman–Crippen LogP) is 4.46. The Morgan fingerprint density at radius 2 is 2.23 bits per heavy atom. The molecule has 1 amide bonds. The molecule has 8 heteroatoms. The molecule has 31 heavy (non-hydrogen) atoms. The van der Waals surface area contributed by atoms with Crippen LogP contribution in [0, 0.1) is 0 Å². The Kier molecular flexibility index (Phi) is 5.30. The standard InChI is InChI=1S/C23H22N4O3S/c1-29-20-9-3-2-6-15(20)14-27-19-8-4-7-17(16(19)13-24-27)25-23(28)21-12-18(26-30-21)22-10-5-11-31-22/h2-3,5-6,9-13,17H,4,7-8,14H2,1H3,(H,25,28). The minimum Gasteiger partial charge on any atom is -0.496 e. The highest BCUT2D eigenvalue weighted by molar-refractivity contribution is 7.13. The van der Waals surface area contributed by atoms with Crippen molar-refractivity contribution in [1.82, 2.24) is 20.3 Å². The quantitative estimate of drug-likeness (QED) is 0.484. The van der Waals surface area contributed by atoms with E-state index in [2.05, 4.69) is 15.6 Å². The number of carbonyl (C=O) groups excluding carboxylic acids is 1. The smallest absolute Gasteiger partial charge is 0.290 e. The lowest BCUT2D eigenvalue weighted by molar-refractivity contribution is 0.0895. The zero-order valence-electron chi connectivity index (χ0n) is 17.1. The second-order valence-corrected chi connectivity index (χ2v) is 8.44. The van der Waals surface area contributed by atoms with E-state index in [1.54, 1.807) is 24.5 Å². The first-order chi connectivity index (χ1) is 15.2. The van der Waals surface area contributed by atoms with E-state index in [-0.39, 0.29) is 17.7 Å². The molecule has 1 unspecified atom stereocenters. The number of hydrogen-bond acceptors (Lipinski definition) is 6. The molecule has 0 radical (unpaired) electrons. The molecule has 1 aliphatic rings. The lowest BCUT2D eigenvalue weighted by atomic mass is 9.92. The average Bonchev–Trinajstić information content (AvgIpc) is 3.55. The molecule has 4 aromatic rings. The summed E-state index contributed by atoms with van der Waals surface area (Å²) in [4.78, 5) is 13.8. The molecule has 1 N–H and O–H groups in total. The maximum atomic E-state index is 12.8. The van der Waals surface area contributed by atoms with Gasteiger partial charge in [-0.2, -0.15) is 5.10 Å². The van der Waals surface area contributed by atoms with Crippen molar-refractivity contribution in [3.63, 3.8) is 0 Å². The highest BCUT2D eigenvalue weighted by Crippen LogP contribution is 2.31. The second-order valence-electron chi connectivity index (χ2n) is 7.49. The molecule has 1 atom stereocenters. The molecular weight excluding hydrogens is 412 g/mol. The van der Waals surface area contributed by atoms with E-state index < -0.39 is 0 Å². The van der Waals surface area contributed by atoms with Crippen molar-refractivity contribution < 1.29 is 14.1 Å². The van der Waals surface area contributed by atoms with Gasteiger partial charge in [0.15, 0.2) is 0 Å². The summed E-state index contributed by atoms with van der Waals surface area (Å²) < 4.78 is 12.8. The summed E-state index contributed by atoms with van der Waals surface area (Å²) in [6.07, 6.45) is 4.64. The molecule has 5 rings (SSSR count). The van der Waals surface area contributed by atoms with Gasteiger partial charge in [-0.25, -0.2) is 0 Å². The number of thiophene rings is 1. The van der Waals surface area contributed by atoms with E-state index in [0.717, 1.165) is 46.7 Å². The van der Waals surface area contributed by atoms with Crippen LogP contribution in [0.1, 0.15) is 46.3 Å². The second kappa shape index (κ2) is 8.39. The zero-order chi connectivity index (χ0) is 21.2. The number of fused-ring (bicyclic) bond motifs is 1. The van der Waals surface area contributed by atoms with Crippen molar-refractivity contribution in [2.45, 2.75) is 31.8 Å². The van der Waals surface area contributed by atoms with Gasteiger partial charge in [0, 0.05) is 22.9 Å². The lowest BCUT2D eigenvalue weighted by Crippen LogP contribution is -2.30. The first kappa shape index (κ1) is 19.6. The predicted molar refractivity (Wildman–Crippen MR) is 117 cm³/mol. The van der Waals surface area contributed by atoms with Crippen molar-refractivity contribution in [2.24, 2.45) is 0 Å². The molecule has 0 saturated heterocycles. The van der Waals surface area contributed by atoms with Crippen LogP contribution in [0.15, 0.2) is 58.6 Å². The molecule has 3 heterocycles. The van der Waals surface area contributed by atoms with Gasteiger partial charge in [0.05, 0.1) is 30.8 Å². The molecule has 0 bridgehead atoms. The molecule has 0 saturated carbocycles. The van der Waals surface area contributed by atoms with Gasteiger partial charge >= 0.3 is 0 Å². The number of aromatic nitrogens is 3. The Bertz CT molecular complexity index is 1200. The van der Waals surface area contributed by atoms with E-state index in [0.29, 0.717) is 12.2 Å². The van der Waals surface area contributed by atoms with Crippen LogP contribution in [0.25, 0.3) is 10.6 Å². The first-order valence-electron chi connectivity index (χ1n) is 10.2. The Labute approximate surface area is 183 Å². The van der Waals surface area contributed by atoms with Crippen molar-refractivity contribution in [1.29, 1.82) is 0 Å². The molecule has 1 aromatic carbocycles. The number of para-hydroxylation sites is 1. The summed E-state index contributed by atoms with van der Waals surface area (Å²) in [5.41, 5.74) is 3.96. The van der Waals surface area contributed by atoms with Crippen LogP contribution >= 0.6 is 11.3 Å². The van der Waals surface area contributed by atoms with Gasteiger partial charge in [-0.05, 0) is 36.8 Å². The van der Waals surface area contributed by atoms with Gasteiger partial charge in [0.1, 0.15) is 11.4 Å². The summed E-state index contributed by atoms with van der Waals surface area (Å²) in [5.74, 6) is 0.807. The van der Waals surface area contributed by atoms with E-state index >= 15 is 0 Å². The van der Waals surface area contributed by atoms with Crippen molar-refractivity contribution in [3.05, 3.63) is 76.6 Å².